The minimum absolute atomic E-state index is 0.0152. The molecule has 1 aliphatic heterocycles. The molecule has 2 nitrogen and oxygen atoms in total. The maximum atomic E-state index is 12.4. The molecule has 2 aliphatic rings. The highest BCUT2D eigenvalue weighted by molar-refractivity contribution is 8.14. The zero-order chi connectivity index (χ0) is 11.6. The van der Waals surface area contributed by atoms with Gasteiger partial charge in [0.15, 0.2) is 5.12 Å². The van der Waals surface area contributed by atoms with Crippen LogP contribution in [0.5, 0.6) is 0 Å². The number of hydrogen-bond acceptors (Lipinski definition) is 3. The Morgan fingerprint density at radius 3 is 2.50 bits per heavy atom. The predicted molar refractivity (Wildman–Crippen MR) is 69.6 cm³/mol. The molecule has 1 N–H and O–H groups in total. The zero-order valence-electron chi connectivity index (χ0n) is 10.4. The highest BCUT2D eigenvalue weighted by Gasteiger charge is 2.43. The minimum Gasteiger partial charge on any atom is -0.317 e. The van der Waals surface area contributed by atoms with E-state index in [-0.39, 0.29) is 5.41 Å². The number of nitrogens with one attached hydrogen (secondary N) is 1. The molecule has 1 heterocycles. The van der Waals surface area contributed by atoms with Crippen molar-refractivity contribution in [2.45, 2.75) is 51.2 Å². The van der Waals surface area contributed by atoms with Crippen LogP contribution in [0.25, 0.3) is 0 Å². The highest BCUT2D eigenvalue weighted by atomic mass is 32.2. The topological polar surface area (TPSA) is 29.1 Å². The third-order valence-corrected chi connectivity index (χ3v) is 4.83. The number of rotatable bonds is 4. The van der Waals surface area contributed by atoms with Crippen molar-refractivity contribution in [1.29, 1.82) is 0 Å². The van der Waals surface area contributed by atoms with Crippen molar-refractivity contribution in [1.82, 2.24) is 5.32 Å². The zero-order valence-corrected chi connectivity index (χ0v) is 11.2. The standard InChI is InChI=1S/C13H23NOS/c1-10(2)16-12(15)13(9-11-3-4-11)5-7-14-8-6-13/h10-11,14H,3-9H2,1-2H3. The Bertz CT molecular complexity index is 255. The van der Waals surface area contributed by atoms with Crippen molar-refractivity contribution in [3.8, 4) is 0 Å². The van der Waals surface area contributed by atoms with E-state index in [1.807, 2.05) is 0 Å². The molecule has 0 aromatic heterocycles. The van der Waals surface area contributed by atoms with Gasteiger partial charge in [0.1, 0.15) is 0 Å². The number of carbonyl (C=O) groups is 1. The van der Waals surface area contributed by atoms with Gasteiger partial charge >= 0.3 is 0 Å². The predicted octanol–water partition coefficient (Wildman–Crippen LogP) is 2.82. The molecule has 16 heavy (non-hydrogen) atoms. The molecular formula is C13H23NOS. The molecule has 2 fully saturated rings. The summed E-state index contributed by atoms with van der Waals surface area (Å²) in [5.41, 5.74) is 0.0152. The first-order valence-corrected chi connectivity index (χ1v) is 7.42. The second-order valence-electron chi connectivity index (χ2n) is 5.63. The number of hydrogen-bond donors (Lipinski definition) is 1. The van der Waals surface area contributed by atoms with Crippen molar-refractivity contribution in [3.63, 3.8) is 0 Å². The molecule has 0 spiro atoms. The molecule has 2 rings (SSSR count). The van der Waals surface area contributed by atoms with Crippen LogP contribution >= 0.6 is 11.8 Å². The molecule has 1 aliphatic carbocycles. The maximum absolute atomic E-state index is 12.4. The summed E-state index contributed by atoms with van der Waals surface area (Å²) < 4.78 is 0. The fourth-order valence-corrected chi connectivity index (χ4v) is 3.58. The van der Waals surface area contributed by atoms with E-state index in [9.17, 15) is 4.79 Å². The van der Waals surface area contributed by atoms with Crippen LogP contribution in [0.15, 0.2) is 0 Å². The lowest BCUT2D eigenvalue weighted by molar-refractivity contribution is -0.121. The fraction of sp³-hybridized carbons (Fsp3) is 0.923. The first kappa shape index (κ1) is 12.4. The molecule has 0 atom stereocenters. The quantitative estimate of drug-likeness (QED) is 0.820. The van der Waals surface area contributed by atoms with Gasteiger partial charge in [0.2, 0.25) is 0 Å². The lowest BCUT2D eigenvalue weighted by Gasteiger charge is -2.36. The second-order valence-corrected chi connectivity index (χ2v) is 7.18. The second kappa shape index (κ2) is 5.09. The van der Waals surface area contributed by atoms with Crippen molar-refractivity contribution < 1.29 is 4.79 Å². The Hall–Kier alpha value is -0.0200. The molecule has 0 unspecified atom stereocenters. The fourth-order valence-electron chi connectivity index (χ4n) is 2.61. The van der Waals surface area contributed by atoms with Crippen molar-refractivity contribution in [2.75, 3.05) is 13.1 Å². The molecule has 3 heteroatoms. The van der Waals surface area contributed by atoms with E-state index in [1.165, 1.54) is 12.8 Å². The summed E-state index contributed by atoms with van der Waals surface area (Å²) in [5, 5.41) is 4.28. The maximum Gasteiger partial charge on any atom is 0.195 e. The van der Waals surface area contributed by atoms with Crippen LogP contribution in [0.4, 0.5) is 0 Å². The van der Waals surface area contributed by atoms with Crippen LogP contribution in [0.1, 0.15) is 46.0 Å². The van der Waals surface area contributed by atoms with E-state index in [0.717, 1.165) is 38.3 Å². The first-order valence-electron chi connectivity index (χ1n) is 6.54. The van der Waals surface area contributed by atoms with Gasteiger partial charge in [-0.1, -0.05) is 38.5 Å². The van der Waals surface area contributed by atoms with Crippen LogP contribution in [0.3, 0.4) is 0 Å². The van der Waals surface area contributed by atoms with E-state index >= 15 is 0 Å². The van der Waals surface area contributed by atoms with Gasteiger partial charge in [-0.05, 0) is 38.3 Å². The van der Waals surface area contributed by atoms with Gasteiger partial charge in [-0.15, -0.1) is 0 Å². The van der Waals surface area contributed by atoms with Crippen LogP contribution in [-0.2, 0) is 4.79 Å². The Morgan fingerprint density at radius 2 is 2.00 bits per heavy atom. The highest BCUT2D eigenvalue weighted by Crippen LogP contribution is 2.47. The summed E-state index contributed by atoms with van der Waals surface area (Å²) in [6.45, 7) is 6.29. The molecule has 1 saturated heterocycles. The smallest absolute Gasteiger partial charge is 0.195 e. The summed E-state index contributed by atoms with van der Waals surface area (Å²) in [6, 6.07) is 0. The largest absolute Gasteiger partial charge is 0.317 e. The average Bonchev–Trinajstić information content (AvgIpc) is 3.02. The molecule has 0 radical (unpaired) electrons. The van der Waals surface area contributed by atoms with Gasteiger partial charge in [0.25, 0.3) is 0 Å². The van der Waals surface area contributed by atoms with E-state index in [2.05, 4.69) is 19.2 Å². The van der Waals surface area contributed by atoms with Crippen LogP contribution in [-0.4, -0.2) is 23.5 Å². The van der Waals surface area contributed by atoms with Crippen molar-refractivity contribution in [2.24, 2.45) is 11.3 Å². The monoisotopic (exact) mass is 241 g/mol. The van der Waals surface area contributed by atoms with E-state index in [4.69, 9.17) is 0 Å². The summed E-state index contributed by atoms with van der Waals surface area (Å²) in [5.74, 6) is 0.856. The van der Waals surface area contributed by atoms with Crippen LogP contribution < -0.4 is 5.32 Å². The lowest BCUT2D eigenvalue weighted by atomic mass is 9.76. The molecule has 0 aromatic rings. The Labute approximate surface area is 103 Å². The summed E-state index contributed by atoms with van der Waals surface area (Å²) in [6.07, 6.45) is 5.99. The average molecular weight is 241 g/mol. The number of piperidine rings is 1. The molecule has 0 amide bonds. The van der Waals surface area contributed by atoms with Gasteiger partial charge in [-0.25, -0.2) is 0 Å². The van der Waals surface area contributed by atoms with Crippen molar-refractivity contribution in [3.05, 3.63) is 0 Å². The van der Waals surface area contributed by atoms with Crippen LogP contribution in [0.2, 0.25) is 0 Å². The normalized spacial score (nSPS) is 24.7. The third kappa shape index (κ3) is 3.01. The number of carbonyl (C=O) groups excluding carboxylic acids is 1. The van der Waals surface area contributed by atoms with E-state index < -0.39 is 0 Å². The Balaban J connectivity index is 2.02. The minimum atomic E-state index is 0.0152. The Kier molecular flexibility index (Phi) is 3.96. The molecule has 0 aromatic carbocycles. The molecule has 1 saturated carbocycles. The van der Waals surface area contributed by atoms with Crippen LogP contribution in [0, 0.1) is 11.3 Å². The van der Waals surface area contributed by atoms with Gasteiger partial charge in [0, 0.05) is 10.7 Å². The summed E-state index contributed by atoms with van der Waals surface area (Å²) >= 11 is 1.56. The first-order chi connectivity index (χ1) is 7.62. The van der Waals surface area contributed by atoms with Gasteiger partial charge < -0.3 is 5.32 Å². The number of thioether (sulfide) groups is 1. The molecule has 92 valence electrons. The van der Waals surface area contributed by atoms with E-state index in [0.29, 0.717) is 10.4 Å². The Morgan fingerprint density at radius 1 is 1.38 bits per heavy atom. The summed E-state index contributed by atoms with van der Waals surface area (Å²) in [4.78, 5) is 12.4. The van der Waals surface area contributed by atoms with Gasteiger partial charge in [0.05, 0.1) is 0 Å². The SMILES string of the molecule is CC(C)SC(=O)C1(CC2CC2)CCNCC1. The van der Waals surface area contributed by atoms with Gasteiger partial charge in [-0.2, -0.15) is 0 Å². The third-order valence-electron chi connectivity index (χ3n) is 3.71. The molecular weight excluding hydrogens is 218 g/mol. The van der Waals surface area contributed by atoms with Crippen molar-refractivity contribution >= 4 is 16.9 Å². The molecule has 0 bridgehead atoms. The van der Waals surface area contributed by atoms with Gasteiger partial charge in [-0.3, -0.25) is 4.79 Å². The lowest BCUT2D eigenvalue weighted by Crippen LogP contribution is -2.41. The van der Waals surface area contributed by atoms with E-state index in [1.54, 1.807) is 11.8 Å². The summed E-state index contributed by atoms with van der Waals surface area (Å²) in [7, 11) is 0.